The Balaban J connectivity index is 1.75. The molecule has 0 spiro atoms. The standard InChI is InChI=1S/C31H30N5O3PS2/c1-22(21-37)35-40(41,39-24-11-4-3-5-12-24)36-29-20-25(42-30-14-7-6-13-27(30)31(38)33-2)16-17-26(29)28(32)18-15-23-10-8-9-19-34-23/h3-22,32H,1-2H3,(H,33,38)(H2,35,36,41)/b18-15+,32-28?. The van der Waals surface area contributed by atoms with Crippen molar-refractivity contribution in [3.05, 3.63) is 120 Å². The maximum atomic E-state index is 12.5. The van der Waals surface area contributed by atoms with Crippen molar-refractivity contribution in [2.24, 2.45) is 0 Å². The molecule has 42 heavy (non-hydrogen) atoms. The number of pyridine rings is 1. The third-order valence-corrected chi connectivity index (χ3v) is 9.43. The highest BCUT2D eigenvalue weighted by atomic mass is 32.4. The van der Waals surface area contributed by atoms with E-state index >= 15 is 0 Å². The summed E-state index contributed by atoms with van der Waals surface area (Å²) >= 11 is 7.40. The summed E-state index contributed by atoms with van der Waals surface area (Å²) in [5.41, 5.74) is 2.59. The number of hydrogen-bond acceptors (Lipinski definition) is 7. The van der Waals surface area contributed by atoms with Crippen molar-refractivity contribution >= 4 is 59.8 Å². The number of nitrogens with zero attached hydrogens (tertiary/aromatic N) is 1. The molecule has 3 aromatic carbocycles. The lowest BCUT2D eigenvalue weighted by Gasteiger charge is -2.28. The molecule has 1 amide bonds. The Morgan fingerprint density at radius 3 is 2.48 bits per heavy atom. The van der Waals surface area contributed by atoms with Gasteiger partial charge in [-0.2, -0.15) is 0 Å². The van der Waals surface area contributed by atoms with Gasteiger partial charge in [-0.05, 0) is 85.5 Å². The summed E-state index contributed by atoms with van der Waals surface area (Å²) in [7, 11) is 1.59. The monoisotopic (exact) mass is 615 g/mol. The molecule has 2 atom stereocenters. The van der Waals surface area contributed by atoms with Crippen molar-refractivity contribution in [1.82, 2.24) is 15.4 Å². The molecule has 4 rings (SSSR count). The quantitative estimate of drug-likeness (QED) is 0.0759. The van der Waals surface area contributed by atoms with Crippen LogP contribution in [0.3, 0.4) is 0 Å². The molecule has 11 heteroatoms. The molecule has 0 aliphatic heterocycles. The van der Waals surface area contributed by atoms with Gasteiger partial charge in [0.15, 0.2) is 0 Å². The molecule has 4 N–H and O–H groups in total. The van der Waals surface area contributed by atoms with Crippen molar-refractivity contribution in [1.29, 1.82) is 5.41 Å². The van der Waals surface area contributed by atoms with E-state index in [0.717, 1.165) is 16.1 Å². The summed E-state index contributed by atoms with van der Waals surface area (Å²) in [6, 6.07) is 27.0. The van der Waals surface area contributed by atoms with Crippen LogP contribution in [0.5, 0.6) is 5.75 Å². The van der Waals surface area contributed by atoms with E-state index in [1.807, 2.05) is 72.8 Å². The van der Waals surface area contributed by atoms with Crippen LogP contribution in [0.25, 0.3) is 6.08 Å². The SMILES string of the molecule is CNC(=O)c1ccccc1Sc1ccc(C(=N)/C=C/c2ccccn2)c(NP(=S)(NC(C)C=O)Oc2ccccc2)c1. The molecule has 0 aliphatic carbocycles. The van der Waals surface area contributed by atoms with Gasteiger partial charge in [-0.1, -0.05) is 48.2 Å². The molecule has 214 valence electrons. The lowest BCUT2D eigenvalue weighted by molar-refractivity contribution is -0.108. The van der Waals surface area contributed by atoms with Crippen LogP contribution in [0.4, 0.5) is 5.69 Å². The predicted octanol–water partition coefficient (Wildman–Crippen LogP) is 6.57. The Morgan fingerprint density at radius 2 is 1.76 bits per heavy atom. The van der Waals surface area contributed by atoms with Crippen LogP contribution in [0.2, 0.25) is 0 Å². The van der Waals surface area contributed by atoms with Gasteiger partial charge in [0.25, 0.3) is 12.5 Å². The van der Waals surface area contributed by atoms with E-state index in [-0.39, 0.29) is 11.6 Å². The van der Waals surface area contributed by atoms with Crippen LogP contribution in [-0.4, -0.2) is 36.0 Å². The van der Waals surface area contributed by atoms with E-state index in [4.69, 9.17) is 21.7 Å². The molecule has 4 aromatic rings. The molecule has 2 unspecified atom stereocenters. The number of benzene rings is 3. The van der Waals surface area contributed by atoms with Gasteiger partial charge in [0.2, 0.25) is 0 Å². The fourth-order valence-corrected chi connectivity index (χ4v) is 7.54. The van der Waals surface area contributed by atoms with Gasteiger partial charge >= 0.3 is 0 Å². The molecule has 0 aliphatic rings. The number of allylic oxidation sites excluding steroid dienone is 1. The first-order valence-corrected chi connectivity index (χ1v) is 16.5. The number of aldehydes is 1. The number of hydrogen-bond donors (Lipinski definition) is 4. The first kappa shape index (κ1) is 30.9. The largest absolute Gasteiger partial charge is 0.437 e. The van der Waals surface area contributed by atoms with Crippen LogP contribution in [0.1, 0.15) is 28.5 Å². The Morgan fingerprint density at radius 1 is 1.02 bits per heavy atom. The van der Waals surface area contributed by atoms with E-state index in [9.17, 15) is 9.59 Å². The second-order valence-electron chi connectivity index (χ2n) is 9.01. The minimum absolute atomic E-state index is 0.187. The Bertz CT molecular complexity index is 1630. The molecular formula is C31H30N5O3PS2. The third kappa shape index (κ3) is 8.47. The fourth-order valence-electron chi connectivity index (χ4n) is 3.82. The Labute approximate surface area is 254 Å². The average molecular weight is 616 g/mol. The lowest BCUT2D eigenvalue weighted by atomic mass is 10.1. The summed E-state index contributed by atoms with van der Waals surface area (Å²) < 4.78 is 6.25. The highest BCUT2D eigenvalue weighted by molar-refractivity contribution is 8.12. The smallest absolute Gasteiger partial charge is 0.274 e. The van der Waals surface area contributed by atoms with Crippen LogP contribution in [-0.2, 0) is 16.6 Å². The minimum Gasteiger partial charge on any atom is -0.437 e. The molecule has 0 saturated heterocycles. The minimum atomic E-state index is -3.12. The maximum absolute atomic E-state index is 12.5. The van der Waals surface area contributed by atoms with E-state index in [1.54, 1.807) is 50.5 Å². The van der Waals surface area contributed by atoms with Crippen LogP contribution in [0.15, 0.2) is 113 Å². The Hall–Kier alpha value is -4.08. The third-order valence-electron chi connectivity index (χ3n) is 5.80. The number of anilines is 1. The molecule has 0 saturated carbocycles. The zero-order chi connectivity index (χ0) is 30.0. The normalized spacial score (nSPS) is 13.1. The predicted molar refractivity (Wildman–Crippen MR) is 174 cm³/mol. The molecule has 0 radical (unpaired) electrons. The van der Waals surface area contributed by atoms with E-state index in [2.05, 4.69) is 20.5 Å². The van der Waals surface area contributed by atoms with Gasteiger partial charge < -0.3 is 25.1 Å². The molecule has 0 fully saturated rings. The molecule has 1 heterocycles. The zero-order valence-corrected chi connectivity index (χ0v) is 25.5. The van der Waals surface area contributed by atoms with Crippen LogP contribution in [0, 0.1) is 5.41 Å². The van der Waals surface area contributed by atoms with Crippen molar-refractivity contribution in [2.75, 3.05) is 12.1 Å². The van der Waals surface area contributed by atoms with E-state index in [1.165, 1.54) is 11.8 Å². The van der Waals surface area contributed by atoms with Gasteiger partial charge in [0.1, 0.15) is 12.0 Å². The second-order valence-corrected chi connectivity index (χ2v) is 13.4. The van der Waals surface area contributed by atoms with Gasteiger partial charge in [-0.15, -0.1) is 0 Å². The number of para-hydroxylation sites is 1. The van der Waals surface area contributed by atoms with E-state index < -0.39 is 12.6 Å². The molecular weight excluding hydrogens is 585 g/mol. The fraction of sp³-hybridized carbons (Fsp3) is 0.0968. The highest BCUT2D eigenvalue weighted by Gasteiger charge is 2.24. The molecule has 8 nitrogen and oxygen atoms in total. The van der Waals surface area contributed by atoms with Crippen molar-refractivity contribution in [3.8, 4) is 5.75 Å². The second kappa shape index (κ2) is 14.7. The van der Waals surface area contributed by atoms with Crippen LogP contribution < -0.4 is 20.0 Å². The van der Waals surface area contributed by atoms with Gasteiger partial charge in [0, 0.05) is 28.6 Å². The molecule has 1 aromatic heterocycles. The zero-order valence-electron chi connectivity index (χ0n) is 23.0. The first-order chi connectivity index (χ1) is 20.3. The Kier molecular flexibility index (Phi) is 10.8. The molecule has 0 bridgehead atoms. The topological polar surface area (TPSA) is 116 Å². The summed E-state index contributed by atoms with van der Waals surface area (Å²) in [5.74, 6) is 0.351. The number of rotatable bonds is 13. The van der Waals surface area contributed by atoms with Crippen molar-refractivity contribution < 1.29 is 14.1 Å². The lowest BCUT2D eigenvalue weighted by Crippen LogP contribution is -2.29. The summed E-state index contributed by atoms with van der Waals surface area (Å²) in [6.45, 7) is -1.42. The number of nitrogens with one attached hydrogen (secondary N) is 4. The number of carbonyl (C=O) groups is 2. The number of carbonyl (C=O) groups excluding carboxylic acids is 2. The van der Waals surface area contributed by atoms with E-state index in [0.29, 0.717) is 28.3 Å². The summed E-state index contributed by atoms with van der Waals surface area (Å²) in [5, 5.41) is 18.0. The summed E-state index contributed by atoms with van der Waals surface area (Å²) in [6.07, 6.45) is 5.88. The van der Waals surface area contributed by atoms with Gasteiger partial charge in [-0.3, -0.25) is 9.78 Å². The van der Waals surface area contributed by atoms with Crippen LogP contribution >= 0.6 is 18.3 Å². The number of aromatic nitrogens is 1. The summed E-state index contributed by atoms with van der Waals surface area (Å²) in [4.78, 5) is 29.9. The highest BCUT2D eigenvalue weighted by Crippen LogP contribution is 2.46. The van der Waals surface area contributed by atoms with Crippen molar-refractivity contribution in [3.63, 3.8) is 0 Å². The van der Waals surface area contributed by atoms with Gasteiger partial charge in [0.05, 0.1) is 28.7 Å². The first-order valence-electron chi connectivity index (χ1n) is 13.0. The maximum Gasteiger partial charge on any atom is 0.274 e. The average Bonchev–Trinajstić information content (AvgIpc) is 3.00. The van der Waals surface area contributed by atoms with Crippen molar-refractivity contribution in [2.45, 2.75) is 22.8 Å². The van der Waals surface area contributed by atoms with Gasteiger partial charge in [-0.25, -0.2) is 5.09 Å². The number of amides is 1.